The number of hydrogen-bond donors (Lipinski definition) is 1. The molecule has 16 heavy (non-hydrogen) atoms. The van der Waals surface area contributed by atoms with Crippen molar-refractivity contribution in [3.8, 4) is 0 Å². The zero-order chi connectivity index (χ0) is 12.5. The Morgan fingerprint density at radius 1 is 1.38 bits per heavy atom. The van der Waals surface area contributed by atoms with Gasteiger partial charge in [-0.25, -0.2) is 4.79 Å². The Morgan fingerprint density at radius 3 is 2.31 bits per heavy atom. The van der Waals surface area contributed by atoms with E-state index in [9.17, 15) is 9.59 Å². The van der Waals surface area contributed by atoms with Gasteiger partial charge in [-0.2, -0.15) is 0 Å². The van der Waals surface area contributed by atoms with Crippen molar-refractivity contribution in [2.24, 2.45) is 5.41 Å². The first kappa shape index (κ1) is 13.0. The number of nitrogens with zero attached hydrogens (tertiary/aromatic N) is 1. The van der Waals surface area contributed by atoms with Gasteiger partial charge in [-0.3, -0.25) is 4.79 Å². The number of carboxylic acid groups (broad SMARTS) is 1. The van der Waals surface area contributed by atoms with E-state index in [-0.39, 0.29) is 5.91 Å². The van der Waals surface area contributed by atoms with Crippen LogP contribution >= 0.6 is 0 Å². The summed E-state index contributed by atoms with van der Waals surface area (Å²) >= 11 is 0. The second-order valence-electron chi connectivity index (χ2n) is 5.09. The third-order valence-electron chi connectivity index (χ3n) is 2.80. The Labute approximate surface area is 95.4 Å². The van der Waals surface area contributed by atoms with E-state index in [1.807, 2.05) is 0 Å². The number of aliphatic carboxylic acids is 1. The summed E-state index contributed by atoms with van der Waals surface area (Å²) in [7, 11) is 1.48. The maximum Gasteiger partial charge on any atom is 0.329 e. The Kier molecular flexibility index (Phi) is 3.57. The molecule has 1 saturated heterocycles. The lowest BCUT2D eigenvalue weighted by Gasteiger charge is -2.29. The Hall–Kier alpha value is -1.10. The van der Waals surface area contributed by atoms with Crippen molar-refractivity contribution in [2.75, 3.05) is 13.7 Å². The van der Waals surface area contributed by atoms with E-state index in [0.717, 1.165) is 0 Å². The smallest absolute Gasteiger partial charge is 0.329 e. The quantitative estimate of drug-likeness (QED) is 0.758. The molecular weight excluding hydrogens is 210 g/mol. The lowest BCUT2D eigenvalue weighted by molar-refractivity contribution is -0.155. The lowest BCUT2D eigenvalue weighted by Crippen LogP contribution is -2.49. The van der Waals surface area contributed by atoms with Gasteiger partial charge in [0.2, 0.25) is 5.91 Å². The highest BCUT2D eigenvalue weighted by molar-refractivity contribution is 5.87. The summed E-state index contributed by atoms with van der Waals surface area (Å²) in [4.78, 5) is 24.6. The van der Waals surface area contributed by atoms with Crippen LogP contribution in [0.4, 0.5) is 0 Å². The predicted molar refractivity (Wildman–Crippen MR) is 58.0 cm³/mol. The van der Waals surface area contributed by atoms with Gasteiger partial charge in [-0.05, 0) is 6.42 Å². The number of ether oxygens (including phenoxy) is 1. The van der Waals surface area contributed by atoms with Crippen molar-refractivity contribution < 1.29 is 19.4 Å². The van der Waals surface area contributed by atoms with Gasteiger partial charge in [0.15, 0.2) is 6.04 Å². The summed E-state index contributed by atoms with van der Waals surface area (Å²) in [5, 5.41) is 9.13. The fraction of sp³-hybridized carbons (Fsp3) is 0.818. The fourth-order valence-corrected chi connectivity index (χ4v) is 1.96. The average Bonchev–Trinajstić information content (AvgIpc) is 2.57. The highest BCUT2D eigenvalue weighted by atomic mass is 16.5. The number of carboxylic acids is 1. The summed E-state index contributed by atoms with van der Waals surface area (Å²) in [6.07, 6.45) is 0.179. The van der Waals surface area contributed by atoms with Gasteiger partial charge >= 0.3 is 5.97 Å². The monoisotopic (exact) mass is 229 g/mol. The van der Waals surface area contributed by atoms with Crippen molar-refractivity contribution in [1.82, 2.24) is 4.90 Å². The number of hydrogen-bond acceptors (Lipinski definition) is 3. The SMILES string of the molecule is CO[C@H]1CCN(C(=O)C(C)(C)C)[C@@H]1C(=O)O. The number of amides is 1. The van der Waals surface area contributed by atoms with Gasteiger partial charge in [0, 0.05) is 19.1 Å². The standard InChI is InChI=1S/C11H19NO4/c1-11(2,3)10(15)12-6-5-7(16-4)8(12)9(13)14/h7-8H,5-6H2,1-4H3,(H,13,14)/t7-,8-/m0/s1. The third kappa shape index (κ3) is 2.35. The van der Waals surface area contributed by atoms with Crippen molar-refractivity contribution in [3.63, 3.8) is 0 Å². The first-order chi connectivity index (χ1) is 7.29. The van der Waals surface area contributed by atoms with Crippen molar-refractivity contribution in [3.05, 3.63) is 0 Å². The Morgan fingerprint density at radius 2 is 1.94 bits per heavy atom. The second-order valence-corrected chi connectivity index (χ2v) is 5.09. The molecule has 1 heterocycles. The first-order valence-electron chi connectivity index (χ1n) is 5.35. The van der Waals surface area contributed by atoms with E-state index < -0.39 is 23.5 Å². The predicted octanol–water partition coefficient (Wildman–Crippen LogP) is 0.733. The zero-order valence-corrected chi connectivity index (χ0v) is 10.2. The molecule has 1 rings (SSSR count). The number of rotatable bonds is 2. The van der Waals surface area contributed by atoms with Crippen molar-refractivity contribution in [2.45, 2.75) is 39.3 Å². The second kappa shape index (κ2) is 4.41. The molecule has 0 radical (unpaired) electrons. The molecule has 2 atom stereocenters. The van der Waals surface area contributed by atoms with Gasteiger partial charge in [0.25, 0.3) is 0 Å². The molecule has 0 spiro atoms. The van der Waals surface area contributed by atoms with E-state index >= 15 is 0 Å². The van der Waals surface area contributed by atoms with Crippen LogP contribution in [-0.2, 0) is 14.3 Å². The van der Waals surface area contributed by atoms with Crippen LogP contribution in [0.1, 0.15) is 27.2 Å². The van der Waals surface area contributed by atoms with Crippen LogP contribution in [-0.4, -0.2) is 47.7 Å². The van der Waals surface area contributed by atoms with Crippen molar-refractivity contribution >= 4 is 11.9 Å². The molecule has 1 fully saturated rings. The molecule has 0 bridgehead atoms. The van der Waals surface area contributed by atoms with E-state index in [1.54, 1.807) is 20.8 Å². The van der Waals surface area contributed by atoms with Crippen LogP contribution in [0.3, 0.4) is 0 Å². The summed E-state index contributed by atoms with van der Waals surface area (Å²) in [6.45, 7) is 5.81. The first-order valence-corrected chi connectivity index (χ1v) is 5.35. The highest BCUT2D eigenvalue weighted by Crippen LogP contribution is 2.27. The Bertz CT molecular complexity index is 295. The normalized spacial score (nSPS) is 25.9. The van der Waals surface area contributed by atoms with Crippen LogP contribution in [0, 0.1) is 5.41 Å². The maximum absolute atomic E-state index is 12.1. The molecule has 0 saturated carbocycles. The molecule has 0 unspecified atom stereocenters. The van der Waals surface area contributed by atoms with Crippen LogP contribution in [0.15, 0.2) is 0 Å². The molecule has 0 aromatic carbocycles. The molecule has 5 nitrogen and oxygen atoms in total. The third-order valence-corrected chi connectivity index (χ3v) is 2.80. The van der Waals surface area contributed by atoms with E-state index in [0.29, 0.717) is 13.0 Å². The summed E-state index contributed by atoms with van der Waals surface area (Å²) < 4.78 is 5.10. The molecule has 92 valence electrons. The minimum atomic E-state index is -0.998. The van der Waals surface area contributed by atoms with E-state index in [4.69, 9.17) is 9.84 Å². The van der Waals surface area contributed by atoms with Crippen LogP contribution < -0.4 is 0 Å². The topological polar surface area (TPSA) is 66.8 Å². The number of carbonyl (C=O) groups is 2. The molecule has 1 amide bonds. The van der Waals surface area contributed by atoms with Gasteiger partial charge < -0.3 is 14.7 Å². The maximum atomic E-state index is 12.1. The molecule has 1 aliphatic rings. The summed E-state index contributed by atoms with van der Waals surface area (Å²) in [5.41, 5.74) is -0.559. The fourth-order valence-electron chi connectivity index (χ4n) is 1.96. The number of carbonyl (C=O) groups excluding carboxylic acids is 1. The average molecular weight is 229 g/mol. The Balaban J connectivity index is 2.89. The summed E-state index contributed by atoms with van der Waals surface area (Å²) in [5.74, 6) is -1.14. The van der Waals surface area contributed by atoms with Gasteiger partial charge in [-0.15, -0.1) is 0 Å². The number of likely N-dealkylation sites (tertiary alicyclic amines) is 1. The summed E-state index contributed by atoms with van der Waals surface area (Å²) in [6, 6.07) is -0.850. The van der Waals surface area contributed by atoms with Gasteiger partial charge in [0.05, 0.1) is 6.10 Å². The van der Waals surface area contributed by atoms with Crippen LogP contribution in [0.5, 0.6) is 0 Å². The molecule has 1 aliphatic heterocycles. The molecule has 1 N–H and O–H groups in total. The molecule has 0 aromatic rings. The number of methoxy groups -OCH3 is 1. The van der Waals surface area contributed by atoms with E-state index in [2.05, 4.69) is 0 Å². The zero-order valence-electron chi connectivity index (χ0n) is 10.2. The molecule has 0 aliphatic carbocycles. The molecular formula is C11H19NO4. The van der Waals surface area contributed by atoms with E-state index in [1.165, 1.54) is 12.0 Å². The highest BCUT2D eigenvalue weighted by Gasteiger charge is 2.44. The minimum Gasteiger partial charge on any atom is -0.480 e. The van der Waals surface area contributed by atoms with Gasteiger partial charge in [0.1, 0.15) is 0 Å². The molecule has 5 heteroatoms. The lowest BCUT2D eigenvalue weighted by atomic mass is 9.94. The van der Waals surface area contributed by atoms with Crippen LogP contribution in [0.2, 0.25) is 0 Å². The molecule has 0 aromatic heterocycles. The van der Waals surface area contributed by atoms with Crippen LogP contribution in [0.25, 0.3) is 0 Å². The van der Waals surface area contributed by atoms with Gasteiger partial charge in [-0.1, -0.05) is 20.8 Å². The largest absolute Gasteiger partial charge is 0.480 e. The minimum absolute atomic E-state index is 0.139. The van der Waals surface area contributed by atoms with Crippen molar-refractivity contribution in [1.29, 1.82) is 0 Å².